The number of methoxy groups -OCH3 is 1. The summed E-state index contributed by atoms with van der Waals surface area (Å²) in [5.74, 6) is 1.64. The molecule has 0 radical (unpaired) electrons. The fourth-order valence-corrected chi connectivity index (χ4v) is 5.05. The van der Waals surface area contributed by atoms with Gasteiger partial charge >= 0.3 is 0 Å². The lowest BCUT2D eigenvalue weighted by Crippen LogP contribution is -2.38. The third kappa shape index (κ3) is 3.52. The van der Waals surface area contributed by atoms with Crippen LogP contribution >= 0.6 is 0 Å². The van der Waals surface area contributed by atoms with E-state index in [2.05, 4.69) is 46.4 Å². The molecule has 2 aliphatic rings. The first kappa shape index (κ1) is 18.3. The van der Waals surface area contributed by atoms with Gasteiger partial charge in [0.1, 0.15) is 5.75 Å². The van der Waals surface area contributed by atoms with Gasteiger partial charge in [-0.15, -0.1) is 0 Å². The van der Waals surface area contributed by atoms with Crippen molar-refractivity contribution in [2.24, 2.45) is 0 Å². The van der Waals surface area contributed by atoms with Gasteiger partial charge in [0.15, 0.2) is 0 Å². The molecule has 0 unspecified atom stereocenters. The number of nitrogens with one attached hydrogen (secondary N) is 1. The van der Waals surface area contributed by atoms with E-state index in [1.165, 1.54) is 40.5 Å². The van der Waals surface area contributed by atoms with Gasteiger partial charge in [-0.3, -0.25) is 4.79 Å². The maximum absolute atomic E-state index is 12.9. The van der Waals surface area contributed by atoms with Crippen LogP contribution in [-0.2, 0) is 24.1 Å². The van der Waals surface area contributed by atoms with Crippen LogP contribution in [0.15, 0.2) is 42.6 Å². The molecule has 1 N–H and O–H groups in total. The number of hydrogen-bond acceptors (Lipinski definition) is 2. The van der Waals surface area contributed by atoms with Crippen LogP contribution < -0.4 is 4.74 Å². The quantitative estimate of drug-likeness (QED) is 0.709. The van der Waals surface area contributed by atoms with E-state index in [1.54, 1.807) is 7.11 Å². The van der Waals surface area contributed by atoms with E-state index in [0.717, 1.165) is 43.6 Å². The van der Waals surface area contributed by atoms with E-state index in [4.69, 9.17) is 4.74 Å². The number of carbonyl (C=O) groups is 1. The number of rotatable bonds is 4. The number of H-pyrrole nitrogens is 1. The van der Waals surface area contributed by atoms with Gasteiger partial charge in [-0.05, 0) is 78.5 Å². The summed E-state index contributed by atoms with van der Waals surface area (Å²) in [6, 6.07) is 12.8. The van der Waals surface area contributed by atoms with Crippen molar-refractivity contribution >= 4 is 16.8 Å². The van der Waals surface area contributed by atoms with E-state index in [-0.39, 0.29) is 5.91 Å². The second-order valence-electron chi connectivity index (χ2n) is 8.44. The number of carbonyl (C=O) groups excluding carboxylic acids is 1. The highest BCUT2D eigenvalue weighted by molar-refractivity contribution is 5.85. The Bertz CT molecular complexity index is 1040. The maximum atomic E-state index is 12.9. The number of likely N-dealkylation sites (tertiary alicyclic amines) is 1. The Morgan fingerprint density at radius 3 is 2.76 bits per heavy atom. The smallest absolute Gasteiger partial charge is 0.226 e. The minimum absolute atomic E-state index is 0.266. The molecular weight excluding hydrogens is 360 g/mol. The third-order valence-electron chi connectivity index (χ3n) is 6.73. The van der Waals surface area contributed by atoms with Gasteiger partial charge in [-0.25, -0.2) is 0 Å². The van der Waals surface area contributed by atoms with E-state index >= 15 is 0 Å². The van der Waals surface area contributed by atoms with Crippen LogP contribution in [0.1, 0.15) is 47.4 Å². The monoisotopic (exact) mass is 388 g/mol. The highest BCUT2D eigenvalue weighted by atomic mass is 16.5. The number of aromatic nitrogens is 1. The standard InChI is InChI=1S/C25H28N2O2/c1-29-21-7-8-24-22(15-21)23(16-26-24)19-9-11-27(12-10-19)25(28)14-17-5-6-18-3-2-4-20(18)13-17/h5-8,13,15-16,19,26H,2-4,9-12,14H2,1H3. The average molecular weight is 389 g/mol. The predicted octanol–water partition coefficient (Wildman–Crippen LogP) is 4.61. The van der Waals surface area contributed by atoms with Gasteiger partial charge in [0.2, 0.25) is 5.91 Å². The largest absolute Gasteiger partial charge is 0.497 e. The molecule has 150 valence electrons. The second kappa shape index (κ2) is 7.58. The summed E-state index contributed by atoms with van der Waals surface area (Å²) in [5, 5.41) is 1.24. The van der Waals surface area contributed by atoms with Crippen molar-refractivity contribution < 1.29 is 9.53 Å². The molecule has 3 aromatic rings. The lowest BCUT2D eigenvalue weighted by molar-refractivity contribution is -0.131. The Morgan fingerprint density at radius 1 is 1.10 bits per heavy atom. The average Bonchev–Trinajstić information content (AvgIpc) is 3.39. The molecule has 2 heterocycles. The van der Waals surface area contributed by atoms with E-state index < -0.39 is 0 Å². The van der Waals surface area contributed by atoms with Crippen LogP contribution in [0.5, 0.6) is 5.75 Å². The summed E-state index contributed by atoms with van der Waals surface area (Å²) in [4.78, 5) is 18.3. The number of piperidine rings is 1. The molecule has 1 saturated heterocycles. The second-order valence-corrected chi connectivity index (χ2v) is 8.44. The van der Waals surface area contributed by atoms with E-state index in [0.29, 0.717) is 12.3 Å². The minimum atomic E-state index is 0.266. The number of benzene rings is 2. The maximum Gasteiger partial charge on any atom is 0.226 e. The normalized spacial score (nSPS) is 16.9. The Kier molecular flexibility index (Phi) is 4.78. The zero-order valence-electron chi connectivity index (χ0n) is 17.0. The molecule has 0 saturated carbocycles. The summed E-state index contributed by atoms with van der Waals surface area (Å²) in [7, 11) is 1.71. The highest BCUT2D eigenvalue weighted by Gasteiger charge is 2.26. The molecule has 1 fully saturated rings. The molecule has 0 atom stereocenters. The Morgan fingerprint density at radius 2 is 1.93 bits per heavy atom. The van der Waals surface area contributed by atoms with Crippen molar-refractivity contribution in [2.45, 2.75) is 44.4 Å². The summed E-state index contributed by atoms with van der Waals surface area (Å²) in [6.45, 7) is 1.68. The number of ether oxygens (including phenoxy) is 1. The zero-order valence-corrected chi connectivity index (χ0v) is 17.0. The molecule has 0 bridgehead atoms. The molecule has 29 heavy (non-hydrogen) atoms. The molecular formula is C25H28N2O2. The van der Waals surface area contributed by atoms with E-state index in [1.807, 2.05) is 6.07 Å². The predicted molar refractivity (Wildman–Crippen MR) is 116 cm³/mol. The summed E-state index contributed by atoms with van der Waals surface area (Å²) in [6.07, 6.45) is 8.30. The molecule has 1 amide bonds. The third-order valence-corrected chi connectivity index (χ3v) is 6.73. The summed E-state index contributed by atoms with van der Waals surface area (Å²) < 4.78 is 5.40. The summed E-state index contributed by atoms with van der Waals surface area (Å²) in [5.41, 5.74) is 6.59. The van der Waals surface area contributed by atoms with Crippen molar-refractivity contribution in [3.8, 4) is 5.75 Å². The number of aromatic amines is 1. The van der Waals surface area contributed by atoms with Gasteiger partial charge < -0.3 is 14.6 Å². The minimum Gasteiger partial charge on any atom is -0.497 e. The topological polar surface area (TPSA) is 45.3 Å². The summed E-state index contributed by atoms with van der Waals surface area (Å²) >= 11 is 0. The SMILES string of the molecule is COc1ccc2[nH]cc(C3CCN(C(=O)Cc4ccc5c(c4)CCC5)CC3)c2c1. The van der Waals surface area contributed by atoms with Crippen LogP contribution in [0, 0.1) is 0 Å². The lowest BCUT2D eigenvalue weighted by Gasteiger charge is -2.32. The van der Waals surface area contributed by atoms with Crippen molar-refractivity contribution in [1.29, 1.82) is 0 Å². The van der Waals surface area contributed by atoms with E-state index in [9.17, 15) is 4.79 Å². The first-order valence-corrected chi connectivity index (χ1v) is 10.7. The number of amides is 1. The van der Waals surface area contributed by atoms with Crippen LogP contribution in [0.25, 0.3) is 10.9 Å². The molecule has 1 aromatic heterocycles. The van der Waals surface area contributed by atoms with Crippen molar-refractivity contribution in [3.05, 3.63) is 64.8 Å². The van der Waals surface area contributed by atoms with Crippen molar-refractivity contribution in [1.82, 2.24) is 9.88 Å². The number of aryl methyl sites for hydroxylation is 2. The van der Waals surface area contributed by atoms with Gasteiger partial charge in [0, 0.05) is 30.2 Å². The first-order chi connectivity index (χ1) is 14.2. The fraction of sp³-hybridized carbons (Fsp3) is 0.400. The number of hydrogen-bond donors (Lipinski definition) is 1. The van der Waals surface area contributed by atoms with Crippen molar-refractivity contribution in [3.63, 3.8) is 0 Å². The van der Waals surface area contributed by atoms with Crippen molar-refractivity contribution in [2.75, 3.05) is 20.2 Å². The van der Waals surface area contributed by atoms with Gasteiger partial charge in [0.05, 0.1) is 13.5 Å². The Balaban J connectivity index is 1.24. The van der Waals surface area contributed by atoms with Gasteiger partial charge in [-0.2, -0.15) is 0 Å². The highest BCUT2D eigenvalue weighted by Crippen LogP contribution is 2.35. The first-order valence-electron chi connectivity index (χ1n) is 10.7. The van der Waals surface area contributed by atoms with Crippen LogP contribution in [0.3, 0.4) is 0 Å². The van der Waals surface area contributed by atoms with Crippen LogP contribution in [0.2, 0.25) is 0 Å². The molecule has 1 aliphatic heterocycles. The molecule has 0 spiro atoms. The van der Waals surface area contributed by atoms with Crippen LogP contribution in [-0.4, -0.2) is 36.0 Å². The number of nitrogens with zero attached hydrogens (tertiary/aromatic N) is 1. The fourth-order valence-electron chi connectivity index (χ4n) is 5.05. The zero-order chi connectivity index (χ0) is 19.8. The molecule has 2 aromatic carbocycles. The molecule has 1 aliphatic carbocycles. The van der Waals surface area contributed by atoms with Crippen LogP contribution in [0.4, 0.5) is 0 Å². The Hall–Kier alpha value is -2.75. The van der Waals surface area contributed by atoms with Gasteiger partial charge in [0.25, 0.3) is 0 Å². The molecule has 4 heteroatoms. The molecule has 5 rings (SSSR count). The molecule has 4 nitrogen and oxygen atoms in total. The number of fused-ring (bicyclic) bond motifs is 2. The Labute approximate surface area is 171 Å². The lowest BCUT2D eigenvalue weighted by atomic mass is 9.89. The van der Waals surface area contributed by atoms with Gasteiger partial charge in [-0.1, -0.05) is 18.2 Å².